The van der Waals surface area contributed by atoms with Crippen LogP contribution in [-0.4, -0.2) is 23.5 Å². The monoisotopic (exact) mass is 218 g/mol. The van der Waals surface area contributed by atoms with E-state index < -0.39 is 0 Å². The molecule has 1 aromatic rings. The van der Waals surface area contributed by atoms with Gasteiger partial charge in [0.25, 0.3) is 0 Å². The Labute approximate surface area is 94.5 Å². The maximum atomic E-state index is 11.4. The second kappa shape index (κ2) is 5.29. The highest BCUT2D eigenvalue weighted by Crippen LogP contribution is 2.19. The Hall–Kier alpha value is -1.86. The fourth-order valence-corrected chi connectivity index (χ4v) is 1.35. The number of nitrogens with one attached hydrogen (secondary N) is 1. The Morgan fingerprint density at radius 3 is 2.81 bits per heavy atom. The number of hydrogen-bond acceptors (Lipinski definition) is 4. The number of anilines is 1. The first kappa shape index (κ1) is 12.2. The summed E-state index contributed by atoms with van der Waals surface area (Å²) in [6, 6.07) is 6.69. The number of nitriles is 1. The zero-order valence-electron chi connectivity index (χ0n) is 9.32. The third-order valence-electron chi connectivity index (χ3n) is 2.20. The molecule has 2 N–H and O–H groups in total. The first-order valence-corrected chi connectivity index (χ1v) is 5.01. The summed E-state index contributed by atoms with van der Waals surface area (Å²) < 4.78 is 0. The molecule has 1 aromatic carbocycles. The largest absolute Gasteiger partial charge is 0.394 e. The lowest BCUT2D eigenvalue weighted by atomic mass is 10.1. The number of benzene rings is 1. The van der Waals surface area contributed by atoms with E-state index in [0.717, 1.165) is 0 Å². The average molecular weight is 218 g/mol. The number of nitrogens with zero attached hydrogens (tertiary/aromatic N) is 1. The molecule has 0 saturated heterocycles. The summed E-state index contributed by atoms with van der Waals surface area (Å²) in [4.78, 5) is 11.4. The molecule has 0 saturated carbocycles. The fraction of sp³-hybridized carbons (Fsp3) is 0.333. The smallest absolute Gasteiger partial charge is 0.161 e. The first-order chi connectivity index (χ1) is 7.58. The number of Topliss-reactive ketones (excluding diaryl/α,β-unsaturated/α-hetero) is 1. The molecule has 0 aliphatic heterocycles. The second-order valence-corrected chi connectivity index (χ2v) is 3.66. The molecule has 1 atom stereocenters. The van der Waals surface area contributed by atoms with Crippen molar-refractivity contribution in [2.45, 2.75) is 19.9 Å². The van der Waals surface area contributed by atoms with Gasteiger partial charge in [0.1, 0.15) is 0 Å². The van der Waals surface area contributed by atoms with Crippen LogP contribution in [0.3, 0.4) is 0 Å². The Bertz CT molecular complexity index is 435. The van der Waals surface area contributed by atoms with E-state index in [1.165, 1.54) is 6.92 Å². The molecule has 0 heterocycles. The van der Waals surface area contributed by atoms with Crippen LogP contribution in [0.5, 0.6) is 0 Å². The van der Waals surface area contributed by atoms with Crippen LogP contribution in [0.1, 0.15) is 29.8 Å². The number of carbonyl (C=O) groups excluding carboxylic acids is 1. The highest BCUT2D eigenvalue weighted by atomic mass is 16.3. The lowest BCUT2D eigenvalue weighted by molar-refractivity contribution is 0.101. The van der Waals surface area contributed by atoms with Gasteiger partial charge in [0.15, 0.2) is 5.78 Å². The molecule has 0 radical (unpaired) electrons. The summed E-state index contributed by atoms with van der Waals surface area (Å²) in [6.07, 6.45) is 0. The predicted molar refractivity (Wildman–Crippen MR) is 61.3 cm³/mol. The van der Waals surface area contributed by atoms with Crippen LogP contribution in [0.4, 0.5) is 5.69 Å². The standard InChI is InChI=1S/C12H14N2O2/c1-8(7-15)14-12-5-10(6-13)3-4-11(12)9(2)16/h3-5,8,14-15H,7H2,1-2H3/t8-/m0/s1. The minimum absolute atomic E-state index is 0.0336. The maximum absolute atomic E-state index is 11.4. The van der Waals surface area contributed by atoms with E-state index in [0.29, 0.717) is 16.8 Å². The van der Waals surface area contributed by atoms with Crippen LogP contribution in [0.15, 0.2) is 18.2 Å². The van der Waals surface area contributed by atoms with Gasteiger partial charge in [0.05, 0.1) is 18.2 Å². The van der Waals surface area contributed by atoms with Gasteiger partial charge in [-0.25, -0.2) is 0 Å². The average Bonchev–Trinajstić information content (AvgIpc) is 2.28. The third kappa shape index (κ3) is 2.81. The quantitative estimate of drug-likeness (QED) is 0.752. The topological polar surface area (TPSA) is 73.1 Å². The van der Waals surface area contributed by atoms with E-state index in [9.17, 15) is 4.79 Å². The van der Waals surface area contributed by atoms with E-state index >= 15 is 0 Å². The Kier molecular flexibility index (Phi) is 4.03. The van der Waals surface area contributed by atoms with Crippen molar-refractivity contribution in [3.05, 3.63) is 29.3 Å². The Morgan fingerprint density at radius 1 is 1.62 bits per heavy atom. The first-order valence-electron chi connectivity index (χ1n) is 5.01. The molecular weight excluding hydrogens is 204 g/mol. The van der Waals surface area contributed by atoms with Crippen molar-refractivity contribution in [1.82, 2.24) is 0 Å². The van der Waals surface area contributed by atoms with Crippen LogP contribution in [0.2, 0.25) is 0 Å². The SMILES string of the molecule is CC(=O)c1ccc(C#N)cc1N[C@@H](C)CO. The van der Waals surface area contributed by atoms with E-state index in [-0.39, 0.29) is 18.4 Å². The fourth-order valence-electron chi connectivity index (χ4n) is 1.35. The van der Waals surface area contributed by atoms with Gasteiger partial charge in [-0.15, -0.1) is 0 Å². The lowest BCUT2D eigenvalue weighted by Gasteiger charge is -2.15. The highest BCUT2D eigenvalue weighted by Gasteiger charge is 2.10. The molecule has 0 spiro atoms. The normalized spacial score (nSPS) is 11.6. The predicted octanol–water partition coefficient (Wildman–Crippen LogP) is 1.55. The summed E-state index contributed by atoms with van der Waals surface area (Å²) in [5.74, 6) is -0.0721. The van der Waals surface area contributed by atoms with Crippen molar-refractivity contribution in [2.24, 2.45) is 0 Å². The van der Waals surface area contributed by atoms with Crippen molar-refractivity contribution in [2.75, 3.05) is 11.9 Å². The van der Waals surface area contributed by atoms with E-state index in [1.54, 1.807) is 25.1 Å². The number of rotatable bonds is 4. The van der Waals surface area contributed by atoms with Crippen LogP contribution in [-0.2, 0) is 0 Å². The molecule has 0 bridgehead atoms. The molecule has 16 heavy (non-hydrogen) atoms. The number of aliphatic hydroxyl groups is 1. The van der Waals surface area contributed by atoms with Crippen LogP contribution in [0, 0.1) is 11.3 Å². The molecule has 4 heteroatoms. The highest BCUT2D eigenvalue weighted by molar-refractivity contribution is 5.99. The second-order valence-electron chi connectivity index (χ2n) is 3.66. The van der Waals surface area contributed by atoms with Crippen LogP contribution >= 0.6 is 0 Å². The molecule has 0 amide bonds. The minimum Gasteiger partial charge on any atom is -0.394 e. The van der Waals surface area contributed by atoms with Gasteiger partial charge in [-0.1, -0.05) is 0 Å². The summed E-state index contributed by atoms with van der Waals surface area (Å²) in [6.45, 7) is 3.23. The molecule has 0 aliphatic rings. The van der Waals surface area contributed by atoms with Gasteiger partial charge in [-0.3, -0.25) is 4.79 Å². The summed E-state index contributed by atoms with van der Waals surface area (Å²) in [7, 11) is 0. The van der Waals surface area contributed by atoms with Crippen molar-refractivity contribution in [3.8, 4) is 6.07 Å². The maximum Gasteiger partial charge on any atom is 0.161 e. The van der Waals surface area contributed by atoms with Gasteiger partial charge in [-0.05, 0) is 32.0 Å². The Balaban J connectivity index is 3.11. The third-order valence-corrected chi connectivity index (χ3v) is 2.20. The van der Waals surface area contributed by atoms with Crippen molar-refractivity contribution < 1.29 is 9.90 Å². The molecule has 0 unspecified atom stereocenters. The van der Waals surface area contributed by atoms with Gasteiger partial charge in [0.2, 0.25) is 0 Å². The molecule has 84 valence electrons. The molecule has 1 rings (SSSR count). The zero-order chi connectivity index (χ0) is 12.1. The van der Waals surface area contributed by atoms with Gasteiger partial charge >= 0.3 is 0 Å². The van der Waals surface area contributed by atoms with Gasteiger partial charge in [-0.2, -0.15) is 5.26 Å². The lowest BCUT2D eigenvalue weighted by Crippen LogP contribution is -2.20. The number of aliphatic hydroxyl groups excluding tert-OH is 1. The molecule has 4 nitrogen and oxygen atoms in total. The Morgan fingerprint density at radius 2 is 2.31 bits per heavy atom. The molecule has 0 fully saturated rings. The van der Waals surface area contributed by atoms with Crippen molar-refractivity contribution in [1.29, 1.82) is 5.26 Å². The van der Waals surface area contributed by atoms with E-state index in [4.69, 9.17) is 10.4 Å². The van der Waals surface area contributed by atoms with Crippen LogP contribution in [0.25, 0.3) is 0 Å². The van der Waals surface area contributed by atoms with Crippen molar-refractivity contribution in [3.63, 3.8) is 0 Å². The molecular formula is C12H14N2O2. The van der Waals surface area contributed by atoms with Crippen molar-refractivity contribution >= 4 is 11.5 Å². The van der Waals surface area contributed by atoms with Crippen LogP contribution < -0.4 is 5.32 Å². The summed E-state index contributed by atoms with van der Waals surface area (Å²) in [5, 5.41) is 20.7. The summed E-state index contributed by atoms with van der Waals surface area (Å²) in [5.41, 5.74) is 1.60. The van der Waals surface area contributed by atoms with E-state index in [1.807, 2.05) is 6.07 Å². The zero-order valence-corrected chi connectivity index (χ0v) is 9.32. The van der Waals surface area contributed by atoms with E-state index in [2.05, 4.69) is 5.32 Å². The molecule has 0 aromatic heterocycles. The molecule has 0 aliphatic carbocycles. The number of ketones is 1. The van der Waals surface area contributed by atoms with Gasteiger partial charge < -0.3 is 10.4 Å². The summed E-state index contributed by atoms with van der Waals surface area (Å²) >= 11 is 0. The minimum atomic E-state index is -0.160. The number of hydrogen-bond donors (Lipinski definition) is 2. The number of carbonyl (C=O) groups is 1. The van der Waals surface area contributed by atoms with Gasteiger partial charge in [0, 0.05) is 17.3 Å².